The molecule has 0 unspecified atom stereocenters. The first-order valence-electron chi connectivity index (χ1n) is 8.17. The van der Waals surface area contributed by atoms with E-state index < -0.39 is 11.7 Å². The van der Waals surface area contributed by atoms with E-state index >= 15 is 0 Å². The van der Waals surface area contributed by atoms with E-state index in [0.717, 1.165) is 17.8 Å². The van der Waals surface area contributed by atoms with Crippen LogP contribution in [0.15, 0.2) is 53.1 Å². The molecule has 0 aliphatic carbocycles. The average Bonchev–Trinajstić information content (AvgIpc) is 3.09. The second-order valence-corrected chi connectivity index (χ2v) is 6.22. The highest BCUT2D eigenvalue weighted by molar-refractivity contribution is 5.55. The molecule has 0 spiro atoms. The van der Waals surface area contributed by atoms with Gasteiger partial charge in [-0.05, 0) is 35.7 Å². The van der Waals surface area contributed by atoms with Crippen LogP contribution in [0.2, 0.25) is 0 Å². The van der Waals surface area contributed by atoms with Crippen molar-refractivity contribution in [3.05, 3.63) is 65.5 Å². The first-order chi connectivity index (χ1) is 12.3. The molecular formula is C19H18F3N3O. The number of halogens is 3. The molecule has 7 heteroatoms. The van der Waals surface area contributed by atoms with Crippen LogP contribution in [0, 0.1) is 0 Å². The van der Waals surface area contributed by atoms with Gasteiger partial charge in [0.15, 0.2) is 0 Å². The Kier molecular flexibility index (Phi) is 4.97. The average molecular weight is 361 g/mol. The lowest BCUT2D eigenvalue weighted by molar-refractivity contribution is -0.137. The van der Waals surface area contributed by atoms with Crippen molar-refractivity contribution < 1.29 is 17.7 Å². The van der Waals surface area contributed by atoms with Crippen LogP contribution in [0.4, 0.5) is 18.9 Å². The maximum Gasteiger partial charge on any atom is 0.416 e. The van der Waals surface area contributed by atoms with Crippen LogP contribution in [-0.4, -0.2) is 10.1 Å². The lowest BCUT2D eigenvalue weighted by Crippen LogP contribution is -2.04. The minimum Gasteiger partial charge on any atom is -0.376 e. The monoisotopic (exact) mass is 361 g/mol. The second kappa shape index (κ2) is 7.19. The third-order valence-corrected chi connectivity index (χ3v) is 3.96. The number of hydrogen-bond donors (Lipinski definition) is 1. The van der Waals surface area contributed by atoms with E-state index in [0.29, 0.717) is 23.9 Å². The Morgan fingerprint density at radius 1 is 1.00 bits per heavy atom. The van der Waals surface area contributed by atoms with Crippen molar-refractivity contribution in [2.45, 2.75) is 32.5 Å². The zero-order valence-electron chi connectivity index (χ0n) is 14.3. The molecule has 0 aliphatic heterocycles. The highest BCUT2D eigenvalue weighted by Gasteiger charge is 2.30. The Labute approximate surface area is 149 Å². The van der Waals surface area contributed by atoms with E-state index in [1.807, 2.05) is 12.1 Å². The minimum absolute atomic E-state index is 0.255. The minimum atomic E-state index is -4.37. The summed E-state index contributed by atoms with van der Waals surface area (Å²) in [5.41, 5.74) is 1.92. The Balaban J connectivity index is 1.64. The highest BCUT2D eigenvalue weighted by Crippen LogP contribution is 2.30. The summed E-state index contributed by atoms with van der Waals surface area (Å²) in [6.07, 6.45) is -4.37. The lowest BCUT2D eigenvalue weighted by Gasteiger charge is -2.07. The van der Waals surface area contributed by atoms with Crippen LogP contribution < -0.4 is 5.32 Å². The van der Waals surface area contributed by atoms with E-state index in [2.05, 4.69) is 41.4 Å². The van der Waals surface area contributed by atoms with E-state index in [1.54, 1.807) is 0 Å². The maximum absolute atomic E-state index is 12.6. The largest absolute Gasteiger partial charge is 0.416 e. The maximum atomic E-state index is 12.6. The molecule has 1 aromatic heterocycles. The van der Waals surface area contributed by atoms with Gasteiger partial charge in [-0.3, -0.25) is 0 Å². The number of aromatic nitrogens is 2. The van der Waals surface area contributed by atoms with Crippen LogP contribution in [0.1, 0.15) is 36.8 Å². The van der Waals surface area contributed by atoms with Crippen molar-refractivity contribution in [2.75, 3.05) is 5.32 Å². The molecule has 0 bridgehead atoms. The second-order valence-electron chi connectivity index (χ2n) is 6.22. The summed E-state index contributed by atoms with van der Waals surface area (Å²) in [5, 5.41) is 7.00. The van der Waals surface area contributed by atoms with Gasteiger partial charge in [0, 0.05) is 11.3 Å². The summed E-state index contributed by atoms with van der Waals surface area (Å²) in [5.74, 6) is 1.07. The molecule has 0 radical (unpaired) electrons. The Hall–Kier alpha value is -2.83. The molecule has 3 rings (SSSR count). The molecule has 136 valence electrons. The van der Waals surface area contributed by atoms with Crippen LogP contribution in [-0.2, 0) is 12.7 Å². The van der Waals surface area contributed by atoms with Crippen LogP contribution in [0.3, 0.4) is 0 Å². The van der Waals surface area contributed by atoms with Crippen molar-refractivity contribution in [2.24, 2.45) is 0 Å². The van der Waals surface area contributed by atoms with Gasteiger partial charge in [-0.2, -0.15) is 18.2 Å². The van der Waals surface area contributed by atoms with Crippen molar-refractivity contribution in [3.63, 3.8) is 0 Å². The zero-order valence-corrected chi connectivity index (χ0v) is 14.3. The van der Waals surface area contributed by atoms with Gasteiger partial charge in [0.2, 0.25) is 11.7 Å². The Morgan fingerprint density at radius 2 is 1.65 bits per heavy atom. The molecule has 2 aromatic carbocycles. The molecule has 0 aliphatic rings. The molecule has 0 fully saturated rings. The number of hydrogen-bond acceptors (Lipinski definition) is 4. The van der Waals surface area contributed by atoms with Gasteiger partial charge in [-0.25, -0.2) is 0 Å². The number of anilines is 1. The molecule has 0 saturated heterocycles. The molecule has 26 heavy (non-hydrogen) atoms. The molecular weight excluding hydrogens is 343 g/mol. The number of rotatable bonds is 5. The number of nitrogens with one attached hydrogen (secondary N) is 1. The SMILES string of the molecule is CC(C)c1ccc(NCc2nc(-c3ccc(C(F)(F)F)cc3)no2)cc1. The molecule has 1 heterocycles. The molecule has 0 atom stereocenters. The third-order valence-electron chi connectivity index (χ3n) is 3.96. The highest BCUT2D eigenvalue weighted by atomic mass is 19.4. The first-order valence-corrected chi connectivity index (χ1v) is 8.17. The predicted octanol–water partition coefficient (Wildman–Crippen LogP) is 5.49. The lowest BCUT2D eigenvalue weighted by atomic mass is 10.0. The fraction of sp³-hybridized carbons (Fsp3) is 0.263. The van der Waals surface area contributed by atoms with E-state index in [1.165, 1.54) is 17.7 Å². The van der Waals surface area contributed by atoms with Crippen LogP contribution in [0.25, 0.3) is 11.4 Å². The molecule has 0 amide bonds. The number of alkyl halides is 3. The fourth-order valence-electron chi connectivity index (χ4n) is 2.42. The summed E-state index contributed by atoms with van der Waals surface area (Å²) in [7, 11) is 0. The van der Waals surface area contributed by atoms with Gasteiger partial charge >= 0.3 is 6.18 Å². The molecule has 3 aromatic rings. The summed E-state index contributed by atoms with van der Waals surface area (Å²) in [6.45, 7) is 4.59. The standard InChI is InChI=1S/C19H18F3N3O/c1-12(2)13-5-9-16(10-6-13)23-11-17-24-18(25-26-17)14-3-7-15(8-4-14)19(20,21)22/h3-10,12,23H,11H2,1-2H3. The van der Waals surface area contributed by atoms with Crippen molar-refractivity contribution in [1.29, 1.82) is 0 Å². The zero-order chi connectivity index (χ0) is 18.7. The molecule has 1 N–H and O–H groups in total. The topological polar surface area (TPSA) is 51.0 Å². The predicted molar refractivity (Wildman–Crippen MR) is 92.6 cm³/mol. The Morgan fingerprint density at radius 3 is 2.23 bits per heavy atom. The third kappa shape index (κ3) is 4.22. The summed E-state index contributed by atoms with van der Waals surface area (Å²) in [4.78, 5) is 4.21. The van der Waals surface area contributed by atoms with Crippen molar-refractivity contribution in [1.82, 2.24) is 10.1 Å². The normalized spacial score (nSPS) is 11.8. The van der Waals surface area contributed by atoms with Crippen molar-refractivity contribution in [3.8, 4) is 11.4 Å². The Bertz CT molecular complexity index is 853. The quantitative estimate of drug-likeness (QED) is 0.653. The van der Waals surface area contributed by atoms with Crippen LogP contribution in [0.5, 0.6) is 0 Å². The van der Waals surface area contributed by atoms with Gasteiger partial charge in [0.25, 0.3) is 0 Å². The van der Waals surface area contributed by atoms with Gasteiger partial charge in [-0.1, -0.05) is 43.3 Å². The number of benzene rings is 2. The van der Waals surface area contributed by atoms with Gasteiger partial charge in [0.05, 0.1) is 12.1 Å². The fourth-order valence-corrected chi connectivity index (χ4v) is 2.42. The summed E-state index contributed by atoms with van der Waals surface area (Å²) >= 11 is 0. The molecule has 0 saturated carbocycles. The molecule has 4 nitrogen and oxygen atoms in total. The first kappa shape index (κ1) is 18.0. The van der Waals surface area contributed by atoms with Gasteiger partial charge < -0.3 is 9.84 Å². The van der Waals surface area contributed by atoms with E-state index in [9.17, 15) is 13.2 Å². The van der Waals surface area contributed by atoms with E-state index in [-0.39, 0.29) is 5.82 Å². The van der Waals surface area contributed by atoms with Gasteiger partial charge in [-0.15, -0.1) is 0 Å². The van der Waals surface area contributed by atoms with Crippen molar-refractivity contribution >= 4 is 5.69 Å². The summed E-state index contributed by atoms with van der Waals surface area (Å²) in [6, 6.07) is 12.7. The number of nitrogens with zero attached hydrogens (tertiary/aromatic N) is 2. The smallest absolute Gasteiger partial charge is 0.376 e. The van der Waals surface area contributed by atoms with Gasteiger partial charge in [0.1, 0.15) is 0 Å². The van der Waals surface area contributed by atoms with E-state index in [4.69, 9.17) is 4.52 Å². The summed E-state index contributed by atoms with van der Waals surface area (Å²) < 4.78 is 43.0. The van der Waals surface area contributed by atoms with Crippen LogP contribution >= 0.6 is 0 Å².